The van der Waals surface area contributed by atoms with Crippen LogP contribution in [0.5, 0.6) is 0 Å². The van der Waals surface area contributed by atoms with Crippen molar-refractivity contribution in [1.29, 1.82) is 0 Å². The molecule has 2 nitrogen and oxygen atoms in total. The lowest BCUT2D eigenvalue weighted by Crippen LogP contribution is -2.61. The van der Waals surface area contributed by atoms with Gasteiger partial charge in [-0.05, 0) is 100 Å². The molecule has 1 aliphatic carbocycles. The van der Waals surface area contributed by atoms with Crippen molar-refractivity contribution < 1.29 is 0 Å². The first kappa shape index (κ1) is 26.4. The molecule has 6 aromatic rings. The highest BCUT2D eigenvalue weighted by Gasteiger charge is 2.43. The zero-order chi connectivity index (χ0) is 29.7. The smallest absolute Gasteiger partial charge is 0.252 e. The highest BCUT2D eigenvalue weighted by Crippen LogP contribution is 2.46. The Hall–Kier alpha value is -5.02. The van der Waals surface area contributed by atoms with Crippen molar-refractivity contribution in [2.75, 3.05) is 9.80 Å². The molecule has 216 valence electrons. The van der Waals surface area contributed by atoms with Gasteiger partial charge in [0.1, 0.15) is 0 Å². The summed E-state index contributed by atoms with van der Waals surface area (Å²) in [6, 6.07) is 54.2. The number of benzene rings is 6. The summed E-state index contributed by atoms with van der Waals surface area (Å²) in [5, 5.41) is 0. The van der Waals surface area contributed by atoms with Gasteiger partial charge in [0.15, 0.2) is 0 Å². The van der Waals surface area contributed by atoms with Gasteiger partial charge < -0.3 is 9.80 Å². The van der Waals surface area contributed by atoms with E-state index in [4.69, 9.17) is 0 Å². The molecule has 6 aromatic carbocycles. The van der Waals surface area contributed by atoms with Crippen LogP contribution in [0.25, 0.3) is 11.1 Å². The fourth-order valence-corrected chi connectivity index (χ4v) is 8.16. The van der Waals surface area contributed by atoms with E-state index in [1.54, 1.807) is 0 Å². The summed E-state index contributed by atoms with van der Waals surface area (Å²) in [4.78, 5) is 5.01. The number of hydrogen-bond donors (Lipinski definition) is 0. The van der Waals surface area contributed by atoms with Gasteiger partial charge in [0.25, 0.3) is 6.71 Å². The van der Waals surface area contributed by atoms with Crippen LogP contribution in [0.3, 0.4) is 0 Å². The first-order chi connectivity index (χ1) is 22.3. The second-order valence-electron chi connectivity index (χ2n) is 12.8. The fourth-order valence-electron chi connectivity index (χ4n) is 8.16. The minimum Gasteiger partial charge on any atom is -0.311 e. The molecule has 0 amide bonds. The third kappa shape index (κ3) is 4.33. The van der Waals surface area contributed by atoms with E-state index in [1.807, 2.05) is 0 Å². The van der Waals surface area contributed by atoms with Crippen LogP contribution in [0.15, 0.2) is 146 Å². The van der Waals surface area contributed by atoms with Gasteiger partial charge in [-0.25, -0.2) is 0 Å². The molecular weight excluding hydrogens is 543 g/mol. The molecule has 0 spiro atoms. The molecule has 45 heavy (non-hydrogen) atoms. The van der Waals surface area contributed by atoms with Gasteiger partial charge in [0.05, 0.1) is 0 Å². The average Bonchev–Trinajstić information content (AvgIpc) is 3.12. The minimum absolute atomic E-state index is 0.143. The van der Waals surface area contributed by atoms with Gasteiger partial charge in [0.2, 0.25) is 0 Å². The molecule has 0 N–H and O–H groups in total. The average molecular weight is 579 g/mol. The van der Waals surface area contributed by atoms with E-state index < -0.39 is 0 Å². The number of para-hydroxylation sites is 3. The minimum atomic E-state index is 0.143. The first-order valence-electron chi connectivity index (χ1n) is 16.5. The molecule has 1 fully saturated rings. The largest absolute Gasteiger partial charge is 0.311 e. The predicted molar refractivity (Wildman–Crippen MR) is 192 cm³/mol. The lowest BCUT2D eigenvalue weighted by atomic mass is 9.33. The predicted octanol–water partition coefficient (Wildman–Crippen LogP) is 9.48. The lowest BCUT2D eigenvalue weighted by molar-refractivity contribution is 0.443. The number of hydrogen-bond acceptors (Lipinski definition) is 2. The van der Waals surface area contributed by atoms with Crippen molar-refractivity contribution >= 4 is 57.2 Å². The Morgan fingerprint density at radius 1 is 0.444 bits per heavy atom. The molecule has 0 atom stereocenters. The summed E-state index contributed by atoms with van der Waals surface area (Å²) in [7, 11) is 0. The summed E-state index contributed by atoms with van der Waals surface area (Å²) in [5.41, 5.74) is 15.4. The summed E-state index contributed by atoms with van der Waals surface area (Å²) in [6.45, 7) is 0.143. The normalized spacial score (nSPS) is 15.3. The Balaban J connectivity index is 1.32. The molecule has 3 aliphatic rings. The van der Waals surface area contributed by atoms with Crippen molar-refractivity contribution in [2.24, 2.45) is 0 Å². The van der Waals surface area contributed by atoms with E-state index >= 15 is 0 Å². The third-order valence-corrected chi connectivity index (χ3v) is 10.2. The van der Waals surface area contributed by atoms with Crippen molar-refractivity contribution in [2.45, 2.75) is 38.0 Å². The fraction of sp³-hybridized carbons (Fsp3) is 0.143. The summed E-state index contributed by atoms with van der Waals surface area (Å²) < 4.78 is 0. The van der Waals surface area contributed by atoms with E-state index in [1.165, 1.54) is 99.3 Å². The van der Waals surface area contributed by atoms with Gasteiger partial charge in [-0.2, -0.15) is 0 Å². The van der Waals surface area contributed by atoms with E-state index in [2.05, 4.69) is 155 Å². The van der Waals surface area contributed by atoms with Crippen LogP contribution in [-0.2, 0) is 0 Å². The Morgan fingerprint density at radius 2 is 0.956 bits per heavy atom. The molecule has 2 heterocycles. The first-order valence-corrected chi connectivity index (χ1v) is 16.5. The maximum Gasteiger partial charge on any atom is 0.252 e. The third-order valence-electron chi connectivity index (χ3n) is 10.2. The molecule has 0 bridgehead atoms. The molecule has 0 radical (unpaired) electrons. The maximum atomic E-state index is 2.53. The van der Waals surface area contributed by atoms with Gasteiger partial charge >= 0.3 is 0 Å². The zero-order valence-corrected chi connectivity index (χ0v) is 25.4. The Kier molecular flexibility index (Phi) is 6.37. The van der Waals surface area contributed by atoms with E-state index in [-0.39, 0.29) is 6.71 Å². The molecule has 1 saturated carbocycles. The van der Waals surface area contributed by atoms with Crippen molar-refractivity contribution in [3.05, 3.63) is 151 Å². The molecule has 0 saturated heterocycles. The Bertz CT molecular complexity index is 2000. The number of nitrogens with zero attached hydrogens (tertiary/aromatic N) is 2. The number of rotatable bonds is 4. The van der Waals surface area contributed by atoms with Crippen molar-refractivity contribution in [3.8, 4) is 11.1 Å². The van der Waals surface area contributed by atoms with E-state index in [0.29, 0.717) is 5.92 Å². The second kappa shape index (κ2) is 10.9. The highest BCUT2D eigenvalue weighted by atomic mass is 15.2. The van der Waals surface area contributed by atoms with Crippen LogP contribution in [0.2, 0.25) is 0 Å². The summed E-state index contributed by atoms with van der Waals surface area (Å²) in [5.74, 6) is 0.691. The number of anilines is 6. The molecular formula is C42H35BN2. The second-order valence-corrected chi connectivity index (χ2v) is 12.8. The topological polar surface area (TPSA) is 6.48 Å². The van der Waals surface area contributed by atoms with Crippen LogP contribution in [-0.4, -0.2) is 6.71 Å². The van der Waals surface area contributed by atoms with E-state index in [9.17, 15) is 0 Å². The van der Waals surface area contributed by atoms with Gasteiger partial charge in [0, 0.05) is 34.1 Å². The SMILES string of the molecule is c1ccc(-c2cc3c4c(c2)N(c2ccc(C5CCCCC5)cc2)c2ccccc2B4c2ccccc2N3c2ccccc2)cc1. The molecule has 2 aliphatic heterocycles. The standard InChI is InChI=1S/C42H35BN2/c1-4-14-30(15-5-1)32-24-26-35(27-25-32)45-39-23-13-11-21-37(39)43-36-20-10-12-22-38(36)44(34-18-8-3-9-19-34)40-28-33(29-41(45)42(40)43)31-16-6-2-7-17-31/h2-3,6-13,16-30H,1,4-5,14-15H2. The van der Waals surface area contributed by atoms with Crippen LogP contribution < -0.4 is 26.2 Å². The molecule has 0 unspecified atom stereocenters. The zero-order valence-electron chi connectivity index (χ0n) is 25.4. The highest BCUT2D eigenvalue weighted by molar-refractivity contribution is 7.00. The Labute approximate surface area is 266 Å². The molecule has 3 heteroatoms. The molecule has 9 rings (SSSR count). The maximum absolute atomic E-state index is 2.53. The van der Waals surface area contributed by atoms with E-state index in [0.717, 1.165) is 0 Å². The lowest BCUT2D eigenvalue weighted by Gasteiger charge is -2.44. The van der Waals surface area contributed by atoms with Crippen LogP contribution >= 0.6 is 0 Å². The quantitative estimate of drug-likeness (QED) is 0.192. The monoisotopic (exact) mass is 578 g/mol. The summed E-state index contributed by atoms with van der Waals surface area (Å²) in [6.07, 6.45) is 6.71. The van der Waals surface area contributed by atoms with Gasteiger partial charge in [-0.15, -0.1) is 0 Å². The van der Waals surface area contributed by atoms with Gasteiger partial charge in [-0.3, -0.25) is 0 Å². The van der Waals surface area contributed by atoms with Crippen LogP contribution in [0.1, 0.15) is 43.6 Å². The van der Waals surface area contributed by atoms with Crippen LogP contribution in [0, 0.1) is 0 Å². The van der Waals surface area contributed by atoms with Crippen molar-refractivity contribution in [1.82, 2.24) is 0 Å². The number of fused-ring (bicyclic) bond motifs is 4. The van der Waals surface area contributed by atoms with Gasteiger partial charge in [-0.1, -0.05) is 116 Å². The summed E-state index contributed by atoms with van der Waals surface area (Å²) >= 11 is 0. The van der Waals surface area contributed by atoms with Crippen LogP contribution in [0.4, 0.5) is 34.1 Å². The molecule has 0 aromatic heterocycles. The Morgan fingerprint density at radius 3 is 1.56 bits per heavy atom. The van der Waals surface area contributed by atoms with Crippen molar-refractivity contribution in [3.63, 3.8) is 0 Å².